The number of nitrogens with zero attached hydrogens (tertiary/aromatic N) is 1. The maximum Gasteiger partial charge on any atom is 0.341 e. The van der Waals surface area contributed by atoms with Crippen molar-refractivity contribution < 1.29 is 23.1 Å². The Morgan fingerprint density at radius 1 is 1.37 bits per heavy atom. The molecule has 0 saturated heterocycles. The molecule has 0 bridgehead atoms. The molecule has 1 aromatic carbocycles. The number of hydrogen-bond donors (Lipinski definition) is 1. The quantitative estimate of drug-likeness (QED) is 0.863. The van der Waals surface area contributed by atoms with Gasteiger partial charge in [-0.15, -0.1) is 0 Å². The number of halogens is 1. The van der Waals surface area contributed by atoms with E-state index >= 15 is 0 Å². The third-order valence-electron chi connectivity index (χ3n) is 2.31. The van der Waals surface area contributed by atoms with Crippen LogP contribution in [0.5, 0.6) is 5.75 Å². The van der Waals surface area contributed by atoms with E-state index in [1.807, 2.05) is 0 Å². The number of carboxylic acid groups (broad SMARTS) is 1. The minimum Gasteiger partial charge on any atom is -0.481 e. The molecule has 0 aliphatic rings. The zero-order chi connectivity index (χ0) is 14.0. The molecule has 0 aliphatic heterocycles. The van der Waals surface area contributed by atoms with Gasteiger partial charge < -0.3 is 9.84 Å². The first-order chi connectivity index (χ1) is 8.89. The van der Waals surface area contributed by atoms with Crippen LogP contribution in [0.25, 0.3) is 10.9 Å². The van der Waals surface area contributed by atoms with Crippen molar-refractivity contribution in [3.63, 3.8) is 0 Å². The summed E-state index contributed by atoms with van der Waals surface area (Å²) in [6.45, 7) is -0.531. The fraction of sp³-hybridized carbons (Fsp3) is 0.0909. The second kappa shape index (κ2) is 5.02. The predicted molar refractivity (Wildman–Crippen MR) is 67.9 cm³/mol. The third-order valence-corrected chi connectivity index (χ3v) is 3.66. The lowest BCUT2D eigenvalue weighted by atomic mass is 10.2. The molecule has 1 aromatic heterocycles. The number of ether oxygens (including phenoxy) is 1. The maximum absolute atomic E-state index is 11.4. The summed E-state index contributed by atoms with van der Waals surface area (Å²) in [5.41, 5.74) is 0.139. The van der Waals surface area contributed by atoms with E-state index in [0.717, 1.165) is 0 Å². The molecular formula is C11H8ClNO5S. The summed E-state index contributed by atoms with van der Waals surface area (Å²) in [7, 11) is 1.38. The highest BCUT2D eigenvalue weighted by molar-refractivity contribution is 8.14. The molecule has 6 nitrogen and oxygen atoms in total. The molecule has 0 amide bonds. The first kappa shape index (κ1) is 13.6. The number of aromatic nitrogens is 1. The number of fused-ring (bicyclic) bond motifs is 1. The highest BCUT2D eigenvalue weighted by atomic mass is 35.7. The second-order valence-corrected chi connectivity index (χ2v) is 6.12. The lowest BCUT2D eigenvalue weighted by Crippen LogP contribution is -2.10. The van der Waals surface area contributed by atoms with Crippen LogP contribution >= 0.6 is 10.7 Å². The zero-order valence-corrected chi connectivity index (χ0v) is 11.0. The van der Waals surface area contributed by atoms with Crippen molar-refractivity contribution in [3.8, 4) is 5.75 Å². The van der Waals surface area contributed by atoms with Crippen LogP contribution in [0, 0.1) is 0 Å². The second-order valence-electron chi connectivity index (χ2n) is 3.58. The average molecular weight is 302 g/mol. The number of carboxylic acids is 1. The van der Waals surface area contributed by atoms with Crippen LogP contribution in [0.15, 0.2) is 35.4 Å². The van der Waals surface area contributed by atoms with Crippen molar-refractivity contribution in [1.29, 1.82) is 0 Å². The molecule has 0 saturated carbocycles. The Morgan fingerprint density at radius 3 is 2.74 bits per heavy atom. The van der Waals surface area contributed by atoms with Gasteiger partial charge in [0.05, 0.1) is 5.52 Å². The fourth-order valence-corrected chi connectivity index (χ4v) is 2.58. The Bertz CT molecular complexity index is 744. The molecule has 0 spiro atoms. The Labute approximate surface area is 113 Å². The molecule has 0 fully saturated rings. The predicted octanol–water partition coefficient (Wildman–Crippen LogP) is 1.63. The molecular weight excluding hydrogens is 294 g/mol. The normalized spacial score (nSPS) is 11.4. The summed E-state index contributed by atoms with van der Waals surface area (Å²) in [4.78, 5) is 14.3. The molecule has 2 aromatic rings. The van der Waals surface area contributed by atoms with Crippen LogP contribution in [-0.4, -0.2) is 31.1 Å². The summed E-state index contributed by atoms with van der Waals surface area (Å²) >= 11 is 0. The fourth-order valence-electron chi connectivity index (χ4n) is 1.58. The monoisotopic (exact) mass is 301 g/mol. The average Bonchev–Trinajstić information content (AvgIpc) is 2.34. The lowest BCUT2D eigenvalue weighted by Gasteiger charge is -2.08. The van der Waals surface area contributed by atoms with Crippen LogP contribution in [0.1, 0.15) is 0 Å². The van der Waals surface area contributed by atoms with Crippen LogP contribution in [0.4, 0.5) is 0 Å². The van der Waals surface area contributed by atoms with E-state index in [2.05, 4.69) is 4.98 Å². The van der Waals surface area contributed by atoms with Gasteiger partial charge in [-0.1, -0.05) is 0 Å². The number of rotatable bonds is 4. The molecule has 0 atom stereocenters. The molecule has 0 unspecified atom stereocenters. The molecule has 0 aliphatic carbocycles. The van der Waals surface area contributed by atoms with Gasteiger partial charge in [0.1, 0.15) is 10.6 Å². The smallest absolute Gasteiger partial charge is 0.341 e. The molecule has 19 heavy (non-hydrogen) atoms. The first-order valence-electron chi connectivity index (χ1n) is 5.06. The van der Waals surface area contributed by atoms with Gasteiger partial charge in [-0.05, 0) is 24.3 Å². The lowest BCUT2D eigenvalue weighted by molar-refractivity contribution is -0.139. The van der Waals surface area contributed by atoms with Gasteiger partial charge in [0, 0.05) is 22.3 Å². The molecule has 100 valence electrons. The van der Waals surface area contributed by atoms with Gasteiger partial charge in [-0.2, -0.15) is 0 Å². The molecule has 2 rings (SSSR count). The molecule has 8 heteroatoms. The van der Waals surface area contributed by atoms with Crippen molar-refractivity contribution in [1.82, 2.24) is 4.98 Å². The van der Waals surface area contributed by atoms with E-state index in [1.165, 1.54) is 18.3 Å². The summed E-state index contributed by atoms with van der Waals surface area (Å²) < 4.78 is 27.9. The van der Waals surface area contributed by atoms with Crippen molar-refractivity contribution in [2.75, 3.05) is 6.61 Å². The van der Waals surface area contributed by atoms with E-state index in [1.54, 1.807) is 12.1 Å². The van der Waals surface area contributed by atoms with Crippen LogP contribution in [0.2, 0.25) is 0 Å². The van der Waals surface area contributed by atoms with Crippen molar-refractivity contribution >= 4 is 36.6 Å². The maximum atomic E-state index is 11.4. The summed E-state index contributed by atoms with van der Waals surface area (Å²) in [5, 5.41) is 8.95. The van der Waals surface area contributed by atoms with Gasteiger partial charge in [0.15, 0.2) is 6.61 Å². The van der Waals surface area contributed by atoms with Crippen molar-refractivity contribution in [3.05, 3.63) is 30.5 Å². The van der Waals surface area contributed by atoms with Gasteiger partial charge in [0.2, 0.25) is 0 Å². The Hall–Kier alpha value is -1.86. The van der Waals surface area contributed by atoms with Crippen LogP contribution in [0.3, 0.4) is 0 Å². The largest absolute Gasteiger partial charge is 0.481 e. The summed E-state index contributed by atoms with van der Waals surface area (Å²) in [6, 6.07) is 5.74. The summed E-state index contributed by atoms with van der Waals surface area (Å²) in [6.07, 6.45) is 1.41. The van der Waals surface area contributed by atoms with E-state index in [0.29, 0.717) is 5.39 Å². The third kappa shape index (κ3) is 2.94. The number of carbonyl (C=O) groups is 1. The van der Waals surface area contributed by atoms with Crippen LogP contribution in [-0.2, 0) is 13.8 Å². The first-order valence-corrected chi connectivity index (χ1v) is 7.37. The van der Waals surface area contributed by atoms with Crippen molar-refractivity contribution in [2.45, 2.75) is 4.90 Å². The van der Waals surface area contributed by atoms with Gasteiger partial charge >= 0.3 is 5.97 Å². The van der Waals surface area contributed by atoms with Gasteiger partial charge in [-0.3, -0.25) is 4.98 Å². The standard InChI is InChI=1S/C11H8ClNO5S/c12-19(16,17)9-4-3-8(18-6-10(14)15)7-2-1-5-13-11(7)9/h1-5H,6H2,(H,14,15). The number of aliphatic carboxylic acids is 1. The van der Waals surface area contributed by atoms with E-state index in [-0.39, 0.29) is 16.2 Å². The SMILES string of the molecule is O=C(O)COc1ccc(S(=O)(=O)Cl)c2ncccc12. The number of benzene rings is 1. The van der Waals surface area contributed by atoms with E-state index < -0.39 is 21.6 Å². The van der Waals surface area contributed by atoms with E-state index in [9.17, 15) is 13.2 Å². The van der Waals surface area contributed by atoms with Gasteiger partial charge in [-0.25, -0.2) is 13.2 Å². The zero-order valence-electron chi connectivity index (χ0n) is 9.41. The number of hydrogen-bond acceptors (Lipinski definition) is 5. The topological polar surface area (TPSA) is 93.6 Å². The highest BCUT2D eigenvalue weighted by Crippen LogP contribution is 2.31. The Morgan fingerprint density at radius 2 is 2.11 bits per heavy atom. The van der Waals surface area contributed by atoms with Gasteiger partial charge in [0.25, 0.3) is 9.05 Å². The number of pyridine rings is 1. The van der Waals surface area contributed by atoms with E-state index in [4.69, 9.17) is 20.5 Å². The Balaban J connectivity index is 2.62. The van der Waals surface area contributed by atoms with Crippen LogP contribution < -0.4 is 4.74 Å². The highest BCUT2D eigenvalue weighted by Gasteiger charge is 2.17. The Kier molecular flexibility index (Phi) is 3.59. The minimum atomic E-state index is -3.94. The molecule has 1 heterocycles. The molecule has 0 radical (unpaired) electrons. The molecule has 1 N–H and O–H groups in total. The minimum absolute atomic E-state index is 0.139. The summed E-state index contributed by atoms with van der Waals surface area (Å²) in [5.74, 6) is -0.902. The van der Waals surface area contributed by atoms with Crippen molar-refractivity contribution in [2.24, 2.45) is 0 Å².